The number of allylic oxidation sites excluding steroid dienone is 1. The molecule has 0 aromatic carbocycles. The van der Waals surface area contributed by atoms with E-state index in [0.29, 0.717) is 0 Å². The molecule has 1 heteroatoms. The van der Waals surface area contributed by atoms with Crippen molar-refractivity contribution in [2.24, 2.45) is 0 Å². The minimum Gasteiger partial charge on any atom is -0.131 e. The number of hydrogen-bond donors (Lipinski definition) is 0. The molecule has 0 aliphatic rings. The first-order valence-electron chi connectivity index (χ1n) is 5.40. The minimum absolute atomic E-state index is 1.05. The third-order valence-corrected chi connectivity index (χ3v) is 4.79. The molecule has 0 nitrogen and oxygen atoms in total. The topological polar surface area (TPSA) is 0 Å². The van der Waals surface area contributed by atoms with Crippen LogP contribution in [0.5, 0.6) is 0 Å². The van der Waals surface area contributed by atoms with Crippen molar-refractivity contribution in [2.45, 2.75) is 59.2 Å². The van der Waals surface area contributed by atoms with Gasteiger partial charge in [-0.1, -0.05) is 39.4 Å². The van der Waals surface area contributed by atoms with Crippen molar-refractivity contribution >= 4 is 8.07 Å². The molecule has 0 aliphatic carbocycles. The lowest BCUT2D eigenvalue weighted by molar-refractivity contribution is 0.729. The van der Waals surface area contributed by atoms with E-state index >= 15 is 0 Å². The first-order valence-corrected chi connectivity index (χ1v) is 8.90. The Balaban J connectivity index is 3.93. The Bertz CT molecular complexity index is 190. The van der Waals surface area contributed by atoms with Gasteiger partial charge in [0.25, 0.3) is 0 Å². The second-order valence-electron chi connectivity index (χ2n) is 4.72. The minimum atomic E-state index is -1.05. The van der Waals surface area contributed by atoms with Crippen LogP contribution in [0.4, 0.5) is 0 Å². The van der Waals surface area contributed by atoms with Crippen LogP contribution in [0, 0.1) is 0 Å². The van der Waals surface area contributed by atoms with Crippen molar-refractivity contribution in [3.8, 4) is 0 Å². The van der Waals surface area contributed by atoms with Gasteiger partial charge in [-0.3, -0.25) is 0 Å². The van der Waals surface area contributed by atoms with Crippen LogP contribution in [0.2, 0.25) is 19.6 Å². The lowest BCUT2D eigenvalue weighted by Gasteiger charge is -2.13. The molecule has 0 unspecified atom stereocenters. The van der Waals surface area contributed by atoms with Gasteiger partial charge in [-0.2, -0.15) is 0 Å². The van der Waals surface area contributed by atoms with E-state index < -0.39 is 8.07 Å². The van der Waals surface area contributed by atoms with Crippen LogP contribution in [-0.4, -0.2) is 8.07 Å². The van der Waals surface area contributed by atoms with Crippen LogP contribution in [0.3, 0.4) is 0 Å². The summed E-state index contributed by atoms with van der Waals surface area (Å²) in [7, 11) is -1.05. The second-order valence-corrected chi connectivity index (χ2v) is 9.97. The monoisotopic (exact) mass is 196 g/mol. The molecule has 0 N–H and O–H groups in total. The molecular formula is C12H24Si. The highest BCUT2D eigenvalue weighted by Gasteiger charge is 2.14. The van der Waals surface area contributed by atoms with Gasteiger partial charge in [0.15, 0.2) is 0 Å². The molecule has 0 amide bonds. The summed E-state index contributed by atoms with van der Waals surface area (Å²) in [6.07, 6.45) is 7.41. The summed E-state index contributed by atoms with van der Waals surface area (Å²) in [6, 6.07) is 0. The van der Waals surface area contributed by atoms with Crippen molar-refractivity contribution in [3.05, 3.63) is 17.0 Å². The smallest absolute Gasteiger partial charge is 0.0819 e. The fourth-order valence-corrected chi connectivity index (χ4v) is 1.47. The molecule has 0 aromatic heterocycles. The summed E-state index contributed by atoms with van der Waals surface area (Å²) in [4.78, 5) is 0. The van der Waals surface area contributed by atoms with Crippen molar-refractivity contribution < 1.29 is 0 Å². The Hall–Kier alpha value is -0.263. The standard InChI is InChI=1S/C12H24Si/c1-6-7-8-9-10-11-12(2)13(3,4)5/h10H,6-9H2,1-5H3. The highest BCUT2D eigenvalue weighted by molar-refractivity contribution is 6.82. The fourth-order valence-electron chi connectivity index (χ4n) is 0.938. The third kappa shape index (κ3) is 6.86. The van der Waals surface area contributed by atoms with Gasteiger partial charge in [-0.25, -0.2) is 0 Å². The molecule has 0 heterocycles. The number of hydrogen-bond acceptors (Lipinski definition) is 0. The maximum Gasteiger partial charge on any atom is 0.0819 e. The molecule has 0 aromatic rings. The van der Waals surface area contributed by atoms with Crippen molar-refractivity contribution in [3.63, 3.8) is 0 Å². The maximum atomic E-state index is 3.43. The van der Waals surface area contributed by atoms with Gasteiger partial charge in [-0.05, 0) is 31.0 Å². The largest absolute Gasteiger partial charge is 0.131 e. The molecule has 13 heavy (non-hydrogen) atoms. The fraction of sp³-hybridized carbons (Fsp3) is 0.750. The van der Waals surface area contributed by atoms with E-state index in [-0.39, 0.29) is 0 Å². The Labute approximate surface area is 84.8 Å². The van der Waals surface area contributed by atoms with Crippen LogP contribution >= 0.6 is 0 Å². The van der Waals surface area contributed by atoms with Crippen LogP contribution < -0.4 is 0 Å². The summed E-state index contributed by atoms with van der Waals surface area (Å²) in [5, 5.41) is 1.49. The van der Waals surface area contributed by atoms with Gasteiger partial charge >= 0.3 is 0 Å². The van der Waals surface area contributed by atoms with Gasteiger partial charge < -0.3 is 0 Å². The van der Waals surface area contributed by atoms with Crippen LogP contribution in [0.25, 0.3) is 0 Å². The molecule has 76 valence electrons. The van der Waals surface area contributed by atoms with Gasteiger partial charge in [-0.15, -0.1) is 5.73 Å². The Kier molecular flexibility index (Phi) is 6.10. The van der Waals surface area contributed by atoms with E-state index in [0.717, 1.165) is 0 Å². The molecule has 0 spiro atoms. The SMILES string of the molecule is CCCCCC=C=C(C)[Si](C)(C)C. The van der Waals surface area contributed by atoms with Gasteiger partial charge in [0.05, 0.1) is 8.07 Å². The number of unbranched alkanes of at least 4 members (excludes halogenated alkanes) is 3. The normalized spacial score (nSPS) is 10.8. The Morgan fingerprint density at radius 3 is 2.31 bits per heavy atom. The summed E-state index contributed by atoms with van der Waals surface area (Å²) in [5.41, 5.74) is 3.43. The lowest BCUT2D eigenvalue weighted by atomic mass is 10.2. The molecule has 0 atom stereocenters. The zero-order valence-electron chi connectivity index (χ0n) is 9.91. The summed E-state index contributed by atoms with van der Waals surface area (Å²) in [5.74, 6) is 0. The highest BCUT2D eigenvalue weighted by atomic mass is 28.3. The predicted octanol–water partition coefficient (Wildman–Crippen LogP) is 4.55. The van der Waals surface area contributed by atoms with Crippen LogP contribution in [0.1, 0.15) is 39.5 Å². The average molecular weight is 196 g/mol. The zero-order chi connectivity index (χ0) is 10.3. The van der Waals surface area contributed by atoms with Crippen molar-refractivity contribution in [2.75, 3.05) is 0 Å². The molecule has 0 rings (SSSR count). The average Bonchev–Trinajstić information content (AvgIpc) is 2.02. The predicted molar refractivity (Wildman–Crippen MR) is 64.8 cm³/mol. The van der Waals surface area contributed by atoms with Crippen LogP contribution in [-0.2, 0) is 0 Å². The zero-order valence-corrected chi connectivity index (χ0v) is 10.9. The summed E-state index contributed by atoms with van der Waals surface area (Å²) < 4.78 is 0. The molecule has 0 aliphatic heterocycles. The van der Waals surface area contributed by atoms with Crippen molar-refractivity contribution in [1.82, 2.24) is 0 Å². The lowest BCUT2D eigenvalue weighted by Crippen LogP contribution is -2.21. The maximum absolute atomic E-state index is 3.43. The molecule has 0 radical (unpaired) electrons. The first kappa shape index (κ1) is 12.7. The summed E-state index contributed by atoms with van der Waals surface area (Å²) in [6.45, 7) is 11.6. The van der Waals surface area contributed by atoms with E-state index in [9.17, 15) is 0 Å². The van der Waals surface area contributed by atoms with E-state index in [4.69, 9.17) is 0 Å². The van der Waals surface area contributed by atoms with E-state index in [1.54, 1.807) is 0 Å². The molecule has 0 saturated heterocycles. The third-order valence-electron chi connectivity index (χ3n) is 2.40. The van der Waals surface area contributed by atoms with Gasteiger partial charge in [0.2, 0.25) is 0 Å². The van der Waals surface area contributed by atoms with Crippen molar-refractivity contribution in [1.29, 1.82) is 0 Å². The number of rotatable bonds is 5. The summed E-state index contributed by atoms with van der Waals surface area (Å²) >= 11 is 0. The molecule has 0 fully saturated rings. The quantitative estimate of drug-likeness (QED) is 0.344. The van der Waals surface area contributed by atoms with E-state index in [1.807, 2.05) is 0 Å². The first-order chi connectivity index (χ1) is 5.98. The van der Waals surface area contributed by atoms with Crippen LogP contribution in [0.15, 0.2) is 17.0 Å². The molecule has 0 saturated carbocycles. The highest BCUT2D eigenvalue weighted by Crippen LogP contribution is 2.11. The van der Waals surface area contributed by atoms with Gasteiger partial charge in [0.1, 0.15) is 0 Å². The Morgan fingerprint density at radius 1 is 1.23 bits per heavy atom. The molecule has 0 bridgehead atoms. The second kappa shape index (κ2) is 6.23. The molecular weight excluding hydrogens is 172 g/mol. The van der Waals surface area contributed by atoms with E-state index in [1.165, 1.54) is 30.9 Å². The Morgan fingerprint density at radius 2 is 1.85 bits per heavy atom. The van der Waals surface area contributed by atoms with E-state index in [2.05, 4.69) is 45.3 Å². The van der Waals surface area contributed by atoms with Gasteiger partial charge in [0, 0.05) is 0 Å².